The fraction of sp³-hybridized carbons (Fsp3) is 0.348. The van der Waals surface area contributed by atoms with E-state index >= 15 is 0 Å². The smallest absolute Gasteiger partial charge is 0.325 e. The second-order valence-corrected chi connectivity index (χ2v) is 7.51. The highest BCUT2D eigenvalue weighted by atomic mass is 16.5. The molecule has 4 amide bonds. The van der Waals surface area contributed by atoms with Crippen molar-refractivity contribution in [2.75, 3.05) is 26.1 Å². The number of methoxy groups -OCH3 is 2. The molecule has 8 heteroatoms. The topological polar surface area (TPSA) is 97.0 Å². The van der Waals surface area contributed by atoms with Crippen molar-refractivity contribution in [2.45, 2.75) is 32.2 Å². The first kappa shape index (κ1) is 22.1. The average molecular weight is 425 g/mol. The van der Waals surface area contributed by atoms with Gasteiger partial charge in [0.1, 0.15) is 23.6 Å². The van der Waals surface area contributed by atoms with Crippen molar-refractivity contribution in [3.63, 3.8) is 0 Å². The van der Waals surface area contributed by atoms with Crippen molar-refractivity contribution in [3.05, 3.63) is 53.6 Å². The molecule has 1 heterocycles. The predicted molar refractivity (Wildman–Crippen MR) is 116 cm³/mol. The Labute approximate surface area is 181 Å². The maximum Gasteiger partial charge on any atom is 0.325 e. The number of carbonyl (C=O) groups is 3. The molecule has 31 heavy (non-hydrogen) atoms. The lowest BCUT2D eigenvalue weighted by molar-refractivity contribution is -0.133. The minimum Gasteiger partial charge on any atom is -0.497 e. The molecular weight excluding hydrogens is 398 g/mol. The number of anilines is 1. The lowest BCUT2D eigenvalue weighted by atomic mass is 9.91. The molecule has 0 aliphatic carbocycles. The summed E-state index contributed by atoms with van der Waals surface area (Å²) in [5, 5.41) is 5.40. The van der Waals surface area contributed by atoms with Crippen LogP contribution < -0.4 is 20.1 Å². The van der Waals surface area contributed by atoms with Crippen LogP contribution in [0, 0.1) is 0 Å². The Hall–Kier alpha value is -3.55. The van der Waals surface area contributed by atoms with E-state index in [1.807, 2.05) is 24.3 Å². The van der Waals surface area contributed by atoms with E-state index in [1.165, 1.54) is 14.2 Å². The van der Waals surface area contributed by atoms with E-state index in [-0.39, 0.29) is 0 Å². The summed E-state index contributed by atoms with van der Waals surface area (Å²) in [7, 11) is 2.99. The minimum atomic E-state index is -1.23. The third-order valence-corrected chi connectivity index (χ3v) is 5.33. The van der Waals surface area contributed by atoms with Crippen LogP contribution in [0.1, 0.15) is 31.4 Å². The molecule has 2 aromatic rings. The van der Waals surface area contributed by atoms with Gasteiger partial charge in [0.25, 0.3) is 5.91 Å². The summed E-state index contributed by atoms with van der Waals surface area (Å²) in [4.78, 5) is 39.1. The third-order valence-electron chi connectivity index (χ3n) is 5.33. The fourth-order valence-corrected chi connectivity index (χ4v) is 3.57. The molecule has 2 aromatic carbocycles. The molecule has 8 nitrogen and oxygen atoms in total. The van der Waals surface area contributed by atoms with E-state index in [0.717, 1.165) is 23.3 Å². The Morgan fingerprint density at radius 1 is 1.10 bits per heavy atom. The van der Waals surface area contributed by atoms with Gasteiger partial charge < -0.3 is 20.1 Å². The summed E-state index contributed by atoms with van der Waals surface area (Å²) in [6.45, 7) is 3.32. The predicted octanol–water partition coefficient (Wildman–Crippen LogP) is 3.06. The highest BCUT2D eigenvalue weighted by Crippen LogP contribution is 2.31. The number of carbonyl (C=O) groups excluding carboxylic acids is 3. The van der Waals surface area contributed by atoms with Crippen molar-refractivity contribution in [1.29, 1.82) is 0 Å². The van der Waals surface area contributed by atoms with E-state index in [4.69, 9.17) is 9.47 Å². The highest BCUT2D eigenvalue weighted by molar-refractivity contribution is 6.10. The summed E-state index contributed by atoms with van der Waals surface area (Å²) in [5.41, 5.74) is 0.988. The molecule has 1 atom stereocenters. The van der Waals surface area contributed by atoms with Crippen LogP contribution in [0.3, 0.4) is 0 Å². The molecule has 0 saturated carbocycles. The number of ether oxygens (including phenoxy) is 2. The van der Waals surface area contributed by atoms with Gasteiger partial charge in [-0.3, -0.25) is 14.5 Å². The lowest BCUT2D eigenvalue weighted by Gasteiger charge is -2.22. The number of urea groups is 1. The van der Waals surface area contributed by atoms with Gasteiger partial charge in [-0.15, -0.1) is 0 Å². The van der Waals surface area contributed by atoms with Crippen LogP contribution in [0.25, 0.3) is 0 Å². The van der Waals surface area contributed by atoms with Gasteiger partial charge in [0.15, 0.2) is 0 Å². The molecule has 2 N–H and O–H groups in total. The quantitative estimate of drug-likeness (QED) is 0.634. The number of nitrogens with one attached hydrogen (secondary N) is 2. The highest BCUT2D eigenvalue weighted by Gasteiger charge is 2.49. The van der Waals surface area contributed by atoms with Gasteiger partial charge in [0.2, 0.25) is 5.91 Å². The van der Waals surface area contributed by atoms with E-state index < -0.39 is 29.9 Å². The molecule has 1 aliphatic rings. The summed E-state index contributed by atoms with van der Waals surface area (Å²) >= 11 is 0. The van der Waals surface area contributed by atoms with Crippen molar-refractivity contribution in [1.82, 2.24) is 10.2 Å². The Balaban J connectivity index is 1.74. The van der Waals surface area contributed by atoms with Gasteiger partial charge in [0, 0.05) is 6.07 Å². The van der Waals surface area contributed by atoms with Crippen LogP contribution in [0.4, 0.5) is 10.5 Å². The van der Waals surface area contributed by atoms with Crippen molar-refractivity contribution < 1.29 is 23.9 Å². The first-order chi connectivity index (χ1) is 14.8. The second-order valence-electron chi connectivity index (χ2n) is 7.51. The summed E-state index contributed by atoms with van der Waals surface area (Å²) in [5.74, 6) is -0.0420. The zero-order valence-electron chi connectivity index (χ0n) is 18.2. The summed E-state index contributed by atoms with van der Waals surface area (Å²) < 4.78 is 10.4. The Bertz CT molecular complexity index is 989. The van der Waals surface area contributed by atoms with E-state index in [1.54, 1.807) is 25.1 Å². The van der Waals surface area contributed by atoms with E-state index in [9.17, 15) is 14.4 Å². The largest absolute Gasteiger partial charge is 0.497 e. The van der Waals surface area contributed by atoms with Crippen molar-refractivity contribution in [2.24, 2.45) is 0 Å². The van der Waals surface area contributed by atoms with Crippen LogP contribution in [-0.2, 0) is 21.5 Å². The molecule has 1 saturated heterocycles. The Morgan fingerprint density at radius 3 is 2.42 bits per heavy atom. The summed E-state index contributed by atoms with van der Waals surface area (Å²) in [6, 6.07) is 11.9. The van der Waals surface area contributed by atoms with Gasteiger partial charge in [0.05, 0.1) is 19.9 Å². The van der Waals surface area contributed by atoms with Gasteiger partial charge >= 0.3 is 6.03 Å². The minimum absolute atomic E-state index is 0.383. The first-order valence-electron chi connectivity index (χ1n) is 10.1. The molecule has 164 valence electrons. The lowest BCUT2D eigenvalue weighted by Crippen LogP contribution is -2.42. The number of rotatable bonds is 8. The van der Waals surface area contributed by atoms with Gasteiger partial charge in [-0.05, 0) is 36.6 Å². The number of imide groups is 1. The molecule has 0 spiro atoms. The number of hydrogen-bond donors (Lipinski definition) is 2. The van der Waals surface area contributed by atoms with E-state index in [0.29, 0.717) is 22.7 Å². The number of hydrogen-bond acceptors (Lipinski definition) is 5. The number of aryl methyl sites for hydroxylation is 1. The fourth-order valence-electron chi connectivity index (χ4n) is 3.57. The van der Waals surface area contributed by atoms with Gasteiger partial charge in [-0.2, -0.15) is 0 Å². The normalized spacial score (nSPS) is 18.0. The maximum atomic E-state index is 13.1. The van der Waals surface area contributed by atoms with Gasteiger partial charge in [-0.1, -0.05) is 37.6 Å². The SMILES string of the molecule is CCCc1ccc(C2(C)NC(=O)N(CC(=O)Nc3cc(OC)ccc3OC)C2=O)cc1. The number of amides is 4. The summed E-state index contributed by atoms with van der Waals surface area (Å²) in [6.07, 6.45) is 1.96. The average Bonchev–Trinajstić information content (AvgIpc) is 2.98. The molecule has 1 fully saturated rings. The molecular formula is C23H27N3O5. The third kappa shape index (κ3) is 4.47. The monoisotopic (exact) mass is 425 g/mol. The molecule has 1 unspecified atom stereocenters. The zero-order valence-corrected chi connectivity index (χ0v) is 18.2. The van der Waals surface area contributed by atoms with Crippen molar-refractivity contribution >= 4 is 23.5 Å². The van der Waals surface area contributed by atoms with Crippen LogP contribution in [-0.4, -0.2) is 43.5 Å². The number of benzene rings is 2. The van der Waals surface area contributed by atoms with Crippen LogP contribution in [0.5, 0.6) is 11.5 Å². The van der Waals surface area contributed by atoms with E-state index in [2.05, 4.69) is 17.6 Å². The van der Waals surface area contributed by atoms with Gasteiger partial charge in [-0.25, -0.2) is 4.79 Å². The van der Waals surface area contributed by atoms with Crippen LogP contribution in [0.2, 0.25) is 0 Å². The molecule has 0 bridgehead atoms. The van der Waals surface area contributed by atoms with Crippen LogP contribution >= 0.6 is 0 Å². The first-order valence-corrected chi connectivity index (χ1v) is 10.1. The Morgan fingerprint density at radius 2 is 1.81 bits per heavy atom. The molecule has 1 aliphatic heterocycles. The number of nitrogens with zero attached hydrogens (tertiary/aromatic N) is 1. The molecule has 3 rings (SSSR count). The Kier molecular flexibility index (Phi) is 6.48. The standard InChI is InChI=1S/C23H27N3O5/c1-5-6-15-7-9-16(10-8-15)23(2)21(28)26(22(29)25-23)14-20(27)24-18-13-17(30-3)11-12-19(18)31-4/h7-13H,5-6,14H2,1-4H3,(H,24,27)(H,25,29). The molecule has 0 radical (unpaired) electrons. The maximum absolute atomic E-state index is 13.1. The molecule has 0 aromatic heterocycles. The van der Waals surface area contributed by atoms with Crippen LogP contribution in [0.15, 0.2) is 42.5 Å². The zero-order chi connectivity index (χ0) is 22.6. The second kappa shape index (κ2) is 9.07. The van der Waals surface area contributed by atoms with Crippen molar-refractivity contribution in [3.8, 4) is 11.5 Å².